The molecule has 10 atom stereocenters. The number of carboxylic acids is 1. The van der Waals surface area contributed by atoms with E-state index in [1.54, 1.807) is 0 Å². The summed E-state index contributed by atoms with van der Waals surface area (Å²) < 4.78 is 0. The zero-order chi connectivity index (χ0) is 18.9. The Morgan fingerprint density at radius 1 is 0.962 bits per heavy atom. The van der Waals surface area contributed by atoms with Crippen molar-refractivity contribution in [3.05, 3.63) is 0 Å². The lowest BCUT2D eigenvalue weighted by Gasteiger charge is -2.62. The molecule has 0 saturated heterocycles. The number of hydrogen-bond acceptors (Lipinski definition) is 4. The van der Waals surface area contributed by atoms with Crippen LogP contribution < -0.4 is 0 Å². The zero-order valence-electron chi connectivity index (χ0n) is 16.0. The third-order valence-corrected chi connectivity index (χ3v) is 9.16. The third kappa shape index (κ3) is 2.57. The predicted molar refractivity (Wildman–Crippen MR) is 96.3 cm³/mol. The van der Waals surface area contributed by atoms with Crippen molar-refractivity contribution in [1.82, 2.24) is 0 Å². The molecule has 0 aromatic heterocycles. The van der Waals surface area contributed by atoms with Gasteiger partial charge in [0.1, 0.15) is 0 Å². The third-order valence-electron chi connectivity index (χ3n) is 9.16. The van der Waals surface area contributed by atoms with E-state index < -0.39 is 18.2 Å². The molecule has 4 aliphatic rings. The van der Waals surface area contributed by atoms with Crippen LogP contribution >= 0.6 is 0 Å². The van der Waals surface area contributed by atoms with Gasteiger partial charge in [-0.15, -0.1) is 0 Å². The Morgan fingerprint density at radius 3 is 2.35 bits per heavy atom. The van der Waals surface area contributed by atoms with E-state index in [1.807, 2.05) is 0 Å². The Kier molecular flexibility index (Phi) is 4.44. The van der Waals surface area contributed by atoms with Crippen molar-refractivity contribution < 1.29 is 25.2 Å². The van der Waals surface area contributed by atoms with Crippen LogP contribution in [0.3, 0.4) is 0 Å². The molecule has 148 valence electrons. The molecule has 0 radical (unpaired) electrons. The average Bonchev–Trinajstić information content (AvgIpc) is 2.77. The van der Waals surface area contributed by atoms with Crippen molar-refractivity contribution in [2.45, 2.75) is 83.5 Å². The maximum atomic E-state index is 11.3. The van der Waals surface area contributed by atoms with Crippen molar-refractivity contribution in [3.63, 3.8) is 0 Å². The number of fused-ring (bicyclic) bond motifs is 5. The van der Waals surface area contributed by atoms with Gasteiger partial charge in [0.2, 0.25) is 0 Å². The summed E-state index contributed by atoms with van der Waals surface area (Å²) in [5.41, 5.74) is -0.275. The smallest absolute Gasteiger partial charge is 0.303 e. The highest BCUT2D eigenvalue weighted by Gasteiger charge is 2.65. The van der Waals surface area contributed by atoms with E-state index >= 15 is 0 Å². The highest BCUT2D eigenvalue weighted by molar-refractivity contribution is 5.67. The molecule has 4 rings (SSSR count). The van der Waals surface area contributed by atoms with Gasteiger partial charge in [-0.2, -0.15) is 0 Å². The van der Waals surface area contributed by atoms with E-state index in [4.69, 9.17) is 0 Å². The number of carboxylic acid groups (broad SMARTS) is 1. The summed E-state index contributed by atoms with van der Waals surface area (Å²) in [4.78, 5) is 11.3. The van der Waals surface area contributed by atoms with Crippen LogP contribution in [0.2, 0.25) is 0 Å². The fourth-order valence-corrected chi connectivity index (χ4v) is 8.07. The highest BCUT2D eigenvalue weighted by atomic mass is 16.4. The molecule has 4 N–H and O–H groups in total. The first-order chi connectivity index (χ1) is 12.2. The normalized spacial score (nSPS) is 56.3. The number of hydrogen-bond donors (Lipinski definition) is 4. The molecule has 0 aliphatic heterocycles. The topological polar surface area (TPSA) is 98.0 Å². The molecule has 0 amide bonds. The van der Waals surface area contributed by atoms with Gasteiger partial charge in [0.25, 0.3) is 0 Å². The maximum absolute atomic E-state index is 11.3. The van der Waals surface area contributed by atoms with E-state index in [0.29, 0.717) is 18.8 Å². The molecule has 4 saturated carbocycles. The van der Waals surface area contributed by atoms with Gasteiger partial charge in [0, 0.05) is 6.42 Å². The van der Waals surface area contributed by atoms with Gasteiger partial charge in [-0.3, -0.25) is 4.79 Å². The van der Waals surface area contributed by atoms with Crippen LogP contribution in [0.1, 0.15) is 65.2 Å². The SMILES string of the molecule is C[C@]12C[C@H](O)[C@H]3[C@@H](CCC4C[C@H](O)CC[C@@]43C)[C@@H]1[C@H](O)C[C@@H]2CC(=O)O. The minimum absolute atomic E-state index is 0.0213. The van der Waals surface area contributed by atoms with E-state index in [9.17, 15) is 25.2 Å². The summed E-state index contributed by atoms with van der Waals surface area (Å²) >= 11 is 0. The average molecular weight is 366 g/mol. The molecule has 1 unspecified atom stereocenters. The summed E-state index contributed by atoms with van der Waals surface area (Å²) in [5.74, 6) is 0.0794. The second kappa shape index (κ2) is 6.18. The molecule has 4 aliphatic carbocycles. The van der Waals surface area contributed by atoms with Crippen LogP contribution in [-0.2, 0) is 4.79 Å². The first kappa shape index (κ1) is 18.7. The molecule has 4 fully saturated rings. The Morgan fingerprint density at radius 2 is 1.65 bits per heavy atom. The zero-order valence-corrected chi connectivity index (χ0v) is 16.0. The standard InChI is InChI=1S/C21H34O5/c1-20-6-5-13(22)7-11(20)3-4-14-18-15(23)8-12(9-17(25)26)21(18,2)10-16(24)19(14)20/h11-16,18-19,22-24H,3-10H2,1-2H3,(H,25,26)/t11?,12-,13-,14+,15-,16+,18-,19-,20+,21-/m1/s1. The van der Waals surface area contributed by atoms with Crippen molar-refractivity contribution >= 4 is 5.97 Å². The van der Waals surface area contributed by atoms with Crippen molar-refractivity contribution in [2.75, 3.05) is 0 Å². The minimum atomic E-state index is -0.808. The van der Waals surface area contributed by atoms with Crippen molar-refractivity contribution in [3.8, 4) is 0 Å². The predicted octanol–water partition coefficient (Wildman–Crippen LogP) is 2.42. The lowest BCUT2D eigenvalue weighted by molar-refractivity contribution is -0.188. The van der Waals surface area contributed by atoms with Crippen LogP contribution in [0.5, 0.6) is 0 Å². The number of aliphatic hydroxyl groups is 3. The lowest BCUT2D eigenvalue weighted by Crippen LogP contribution is -2.60. The monoisotopic (exact) mass is 366 g/mol. The van der Waals surface area contributed by atoms with Gasteiger partial charge < -0.3 is 20.4 Å². The summed E-state index contributed by atoms with van der Waals surface area (Å²) in [7, 11) is 0. The lowest BCUT2D eigenvalue weighted by atomic mass is 9.43. The molecule has 0 heterocycles. The minimum Gasteiger partial charge on any atom is -0.481 e. The summed E-state index contributed by atoms with van der Waals surface area (Å²) in [6.07, 6.45) is 4.71. The molecule has 5 nitrogen and oxygen atoms in total. The fraction of sp³-hybridized carbons (Fsp3) is 0.952. The molecular weight excluding hydrogens is 332 g/mol. The molecule has 0 spiro atoms. The number of carbonyl (C=O) groups is 1. The van der Waals surface area contributed by atoms with Crippen LogP contribution in [0, 0.1) is 40.4 Å². The molecule has 0 aromatic carbocycles. The van der Waals surface area contributed by atoms with Gasteiger partial charge in [-0.05, 0) is 85.4 Å². The van der Waals surface area contributed by atoms with Gasteiger partial charge in [0.05, 0.1) is 18.3 Å². The van der Waals surface area contributed by atoms with Gasteiger partial charge >= 0.3 is 5.97 Å². The first-order valence-corrected chi connectivity index (χ1v) is 10.4. The Labute approximate surface area is 155 Å². The van der Waals surface area contributed by atoms with Gasteiger partial charge in [-0.1, -0.05) is 13.8 Å². The van der Waals surface area contributed by atoms with Crippen LogP contribution in [-0.4, -0.2) is 44.7 Å². The largest absolute Gasteiger partial charge is 0.481 e. The van der Waals surface area contributed by atoms with Crippen LogP contribution in [0.25, 0.3) is 0 Å². The second-order valence-corrected chi connectivity index (χ2v) is 10.3. The number of aliphatic hydroxyl groups excluding tert-OH is 3. The number of rotatable bonds is 2. The maximum Gasteiger partial charge on any atom is 0.303 e. The fourth-order valence-electron chi connectivity index (χ4n) is 8.07. The molecule has 5 heteroatoms. The summed E-state index contributed by atoms with van der Waals surface area (Å²) in [6, 6.07) is 0. The Hall–Kier alpha value is -0.650. The molecular formula is C21H34O5. The van der Waals surface area contributed by atoms with E-state index in [0.717, 1.165) is 32.1 Å². The summed E-state index contributed by atoms with van der Waals surface area (Å²) in [5, 5.41) is 41.6. The van der Waals surface area contributed by atoms with Crippen LogP contribution in [0.4, 0.5) is 0 Å². The molecule has 0 bridgehead atoms. The van der Waals surface area contributed by atoms with E-state index in [1.165, 1.54) is 0 Å². The molecule has 26 heavy (non-hydrogen) atoms. The first-order valence-electron chi connectivity index (χ1n) is 10.4. The van der Waals surface area contributed by atoms with Crippen molar-refractivity contribution in [2.24, 2.45) is 40.4 Å². The van der Waals surface area contributed by atoms with Gasteiger partial charge in [-0.25, -0.2) is 0 Å². The van der Waals surface area contributed by atoms with Crippen LogP contribution in [0.15, 0.2) is 0 Å². The second-order valence-electron chi connectivity index (χ2n) is 10.3. The van der Waals surface area contributed by atoms with E-state index in [-0.39, 0.29) is 47.0 Å². The van der Waals surface area contributed by atoms with Gasteiger partial charge in [0.15, 0.2) is 0 Å². The highest BCUT2D eigenvalue weighted by Crippen LogP contribution is 2.67. The number of aliphatic carboxylic acids is 1. The van der Waals surface area contributed by atoms with Crippen molar-refractivity contribution in [1.29, 1.82) is 0 Å². The van der Waals surface area contributed by atoms with E-state index in [2.05, 4.69) is 13.8 Å². The molecule has 0 aromatic rings. The summed E-state index contributed by atoms with van der Waals surface area (Å²) in [6.45, 7) is 4.41. The Balaban J connectivity index is 1.67. The quantitative estimate of drug-likeness (QED) is 0.602. The Bertz CT molecular complexity index is 579.